The van der Waals surface area contributed by atoms with E-state index in [1.54, 1.807) is 11.3 Å². The average molecular weight is 301 g/mol. The number of aromatic nitrogens is 1. The molecule has 1 heterocycles. The minimum absolute atomic E-state index is 0.581. The molecule has 0 aliphatic heterocycles. The van der Waals surface area contributed by atoms with Crippen molar-refractivity contribution in [3.8, 4) is 0 Å². The van der Waals surface area contributed by atoms with Gasteiger partial charge in [0.15, 0.2) is 5.13 Å². The van der Waals surface area contributed by atoms with Gasteiger partial charge in [0, 0.05) is 11.3 Å². The first kappa shape index (κ1) is 13.7. The third-order valence-electron chi connectivity index (χ3n) is 2.63. The number of anilines is 1. The van der Waals surface area contributed by atoms with Crippen LogP contribution in [-0.2, 0) is 12.8 Å². The Labute approximate surface area is 121 Å². The zero-order chi connectivity index (χ0) is 13.1. The Kier molecular flexibility index (Phi) is 4.49. The molecule has 2 aromatic rings. The fraction of sp³-hybridized carbons (Fsp3) is 0.308. The number of aryl methyl sites for hydroxylation is 1. The lowest BCUT2D eigenvalue weighted by atomic mass is 10.1. The fourth-order valence-electron chi connectivity index (χ4n) is 1.81. The van der Waals surface area contributed by atoms with E-state index < -0.39 is 0 Å². The van der Waals surface area contributed by atoms with E-state index in [1.165, 1.54) is 4.88 Å². The second kappa shape index (κ2) is 5.91. The minimum atomic E-state index is 0.581. The van der Waals surface area contributed by atoms with Crippen molar-refractivity contribution in [2.24, 2.45) is 0 Å². The average Bonchev–Trinajstić information content (AvgIpc) is 2.65. The van der Waals surface area contributed by atoms with Gasteiger partial charge in [-0.1, -0.05) is 42.6 Å². The summed E-state index contributed by atoms with van der Waals surface area (Å²) in [4.78, 5) is 5.59. The molecule has 0 fully saturated rings. The van der Waals surface area contributed by atoms with Crippen LogP contribution in [0.4, 0.5) is 5.13 Å². The van der Waals surface area contributed by atoms with E-state index in [0.29, 0.717) is 15.2 Å². The number of hydrogen-bond acceptors (Lipinski definition) is 3. The monoisotopic (exact) mass is 300 g/mol. The Morgan fingerprint density at radius 3 is 2.72 bits per heavy atom. The van der Waals surface area contributed by atoms with Crippen molar-refractivity contribution in [2.75, 3.05) is 5.73 Å². The molecule has 0 unspecified atom stereocenters. The molecular formula is C13H14Cl2N2S. The molecule has 0 amide bonds. The van der Waals surface area contributed by atoms with E-state index in [2.05, 4.69) is 11.9 Å². The maximum absolute atomic E-state index is 6.02. The van der Waals surface area contributed by atoms with Crippen molar-refractivity contribution in [3.63, 3.8) is 0 Å². The second-order valence-electron chi connectivity index (χ2n) is 4.10. The van der Waals surface area contributed by atoms with Crippen molar-refractivity contribution in [3.05, 3.63) is 44.4 Å². The number of benzene rings is 1. The molecule has 1 aromatic heterocycles. The van der Waals surface area contributed by atoms with Gasteiger partial charge < -0.3 is 5.73 Å². The SMILES string of the molecule is CCCc1nc(N)sc1Cc1ccc(Cl)c(Cl)c1. The van der Waals surface area contributed by atoms with Crippen molar-refractivity contribution >= 4 is 39.7 Å². The number of nitrogen functional groups attached to an aromatic ring is 1. The molecule has 2 nitrogen and oxygen atoms in total. The van der Waals surface area contributed by atoms with Gasteiger partial charge >= 0.3 is 0 Å². The predicted molar refractivity (Wildman–Crippen MR) is 79.8 cm³/mol. The molecule has 0 radical (unpaired) electrons. The first-order valence-corrected chi connectivity index (χ1v) is 7.35. The van der Waals surface area contributed by atoms with Crippen molar-refractivity contribution in [1.82, 2.24) is 4.98 Å². The Morgan fingerprint density at radius 2 is 2.06 bits per heavy atom. The molecule has 96 valence electrons. The summed E-state index contributed by atoms with van der Waals surface area (Å²) in [5.41, 5.74) is 8.01. The molecule has 5 heteroatoms. The first-order valence-electron chi connectivity index (χ1n) is 5.78. The zero-order valence-electron chi connectivity index (χ0n) is 10.0. The summed E-state index contributed by atoms with van der Waals surface area (Å²) in [6, 6.07) is 5.71. The molecule has 0 atom stereocenters. The van der Waals surface area contributed by atoms with Crippen LogP contribution < -0.4 is 5.73 Å². The summed E-state index contributed by atoms with van der Waals surface area (Å²) in [5.74, 6) is 0. The van der Waals surface area contributed by atoms with Gasteiger partial charge in [-0.2, -0.15) is 0 Å². The van der Waals surface area contributed by atoms with E-state index in [-0.39, 0.29) is 0 Å². The lowest BCUT2D eigenvalue weighted by Gasteiger charge is -2.03. The molecule has 0 saturated heterocycles. The van der Waals surface area contributed by atoms with Crippen LogP contribution in [-0.4, -0.2) is 4.98 Å². The summed E-state index contributed by atoms with van der Waals surface area (Å²) in [6.45, 7) is 2.14. The van der Waals surface area contributed by atoms with Crippen LogP contribution in [0.3, 0.4) is 0 Å². The van der Waals surface area contributed by atoms with Crippen LogP contribution in [0.25, 0.3) is 0 Å². The van der Waals surface area contributed by atoms with Crippen molar-refractivity contribution in [1.29, 1.82) is 0 Å². The van der Waals surface area contributed by atoms with E-state index in [9.17, 15) is 0 Å². The molecule has 2 rings (SSSR count). The Bertz CT molecular complexity index is 552. The number of nitrogens with two attached hydrogens (primary N) is 1. The number of thiazole rings is 1. The summed E-state index contributed by atoms with van der Waals surface area (Å²) in [5, 5.41) is 1.80. The maximum Gasteiger partial charge on any atom is 0.180 e. The molecular weight excluding hydrogens is 287 g/mol. The lowest BCUT2D eigenvalue weighted by Crippen LogP contribution is -1.93. The first-order chi connectivity index (χ1) is 8.60. The normalized spacial score (nSPS) is 10.8. The molecule has 0 saturated carbocycles. The largest absolute Gasteiger partial charge is 0.375 e. The van der Waals surface area contributed by atoms with Crippen LogP contribution in [0.15, 0.2) is 18.2 Å². The summed E-state index contributed by atoms with van der Waals surface area (Å²) in [6.07, 6.45) is 2.84. The summed E-state index contributed by atoms with van der Waals surface area (Å²) >= 11 is 13.5. The molecule has 1 aromatic carbocycles. The Morgan fingerprint density at radius 1 is 1.28 bits per heavy atom. The highest BCUT2D eigenvalue weighted by molar-refractivity contribution is 7.15. The molecule has 18 heavy (non-hydrogen) atoms. The summed E-state index contributed by atoms with van der Waals surface area (Å²) in [7, 11) is 0. The minimum Gasteiger partial charge on any atom is -0.375 e. The van der Waals surface area contributed by atoms with E-state index in [4.69, 9.17) is 28.9 Å². The van der Waals surface area contributed by atoms with Crippen LogP contribution in [0.2, 0.25) is 10.0 Å². The highest BCUT2D eigenvalue weighted by Crippen LogP contribution is 2.28. The Balaban J connectivity index is 2.24. The highest BCUT2D eigenvalue weighted by atomic mass is 35.5. The molecule has 0 aliphatic rings. The molecule has 0 spiro atoms. The van der Waals surface area contributed by atoms with Crippen LogP contribution in [0.1, 0.15) is 29.5 Å². The quantitative estimate of drug-likeness (QED) is 0.898. The third kappa shape index (κ3) is 3.16. The van der Waals surface area contributed by atoms with Crippen LogP contribution in [0, 0.1) is 0 Å². The highest BCUT2D eigenvalue weighted by Gasteiger charge is 2.10. The Hall–Kier alpha value is -0.770. The standard InChI is InChI=1S/C13H14Cl2N2S/c1-2-3-11-12(18-13(16)17-11)7-8-4-5-9(14)10(15)6-8/h4-6H,2-3,7H2,1H3,(H2,16,17). The maximum atomic E-state index is 6.02. The number of halogens is 2. The van der Waals surface area contributed by atoms with Gasteiger partial charge in [-0.05, 0) is 24.1 Å². The van der Waals surface area contributed by atoms with Gasteiger partial charge in [0.25, 0.3) is 0 Å². The third-order valence-corrected chi connectivity index (χ3v) is 4.30. The zero-order valence-corrected chi connectivity index (χ0v) is 12.4. The smallest absolute Gasteiger partial charge is 0.180 e. The predicted octanol–water partition coefficient (Wildman–Crippen LogP) is 4.58. The van der Waals surface area contributed by atoms with Gasteiger partial charge in [-0.3, -0.25) is 0 Å². The second-order valence-corrected chi connectivity index (χ2v) is 6.03. The molecule has 2 N–H and O–H groups in total. The summed E-state index contributed by atoms with van der Waals surface area (Å²) < 4.78 is 0. The molecule has 0 bridgehead atoms. The number of nitrogens with zero attached hydrogens (tertiary/aromatic N) is 1. The van der Waals surface area contributed by atoms with Gasteiger partial charge in [-0.15, -0.1) is 11.3 Å². The van der Waals surface area contributed by atoms with Crippen molar-refractivity contribution < 1.29 is 0 Å². The van der Waals surface area contributed by atoms with Gasteiger partial charge in [-0.25, -0.2) is 4.98 Å². The van der Waals surface area contributed by atoms with E-state index in [0.717, 1.165) is 30.5 Å². The number of hydrogen-bond donors (Lipinski definition) is 1. The van der Waals surface area contributed by atoms with Crippen LogP contribution in [0.5, 0.6) is 0 Å². The molecule has 0 aliphatic carbocycles. The lowest BCUT2D eigenvalue weighted by molar-refractivity contribution is 0.879. The van der Waals surface area contributed by atoms with Gasteiger partial charge in [0.1, 0.15) is 0 Å². The van der Waals surface area contributed by atoms with Crippen LogP contribution >= 0.6 is 34.5 Å². The number of rotatable bonds is 4. The fourth-order valence-corrected chi connectivity index (χ4v) is 3.04. The van der Waals surface area contributed by atoms with Gasteiger partial charge in [0.05, 0.1) is 15.7 Å². The van der Waals surface area contributed by atoms with E-state index >= 15 is 0 Å². The van der Waals surface area contributed by atoms with E-state index in [1.807, 2.05) is 18.2 Å². The van der Waals surface area contributed by atoms with Crippen molar-refractivity contribution in [2.45, 2.75) is 26.2 Å². The van der Waals surface area contributed by atoms with Gasteiger partial charge in [0.2, 0.25) is 0 Å². The topological polar surface area (TPSA) is 38.9 Å².